The summed E-state index contributed by atoms with van der Waals surface area (Å²) >= 11 is 3.29. The second-order valence-corrected chi connectivity index (χ2v) is 8.22. The Morgan fingerprint density at radius 2 is 1.81 bits per heavy atom. The second kappa shape index (κ2) is 9.74. The number of amides is 3. The van der Waals surface area contributed by atoms with Crippen LogP contribution in [-0.2, 0) is 19.1 Å². The zero-order chi connectivity index (χ0) is 22.5. The largest absolute Gasteiger partial charge is 0.455 e. The molecule has 1 saturated heterocycles. The zero-order valence-corrected chi connectivity index (χ0v) is 18.7. The van der Waals surface area contributed by atoms with E-state index >= 15 is 0 Å². The molecule has 3 amide bonds. The molecule has 0 aromatic heterocycles. The lowest BCUT2D eigenvalue weighted by Gasteiger charge is -2.17. The fourth-order valence-corrected chi connectivity index (χ4v) is 3.30. The van der Waals surface area contributed by atoms with Gasteiger partial charge in [0.05, 0.1) is 12.5 Å². The average Bonchev–Trinajstić information content (AvgIpc) is 3.10. The van der Waals surface area contributed by atoms with Gasteiger partial charge >= 0.3 is 5.97 Å². The molecule has 1 atom stereocenters. The quantitative estimate of drug-likeness (QED) is 0.609. The van der Waals surface area contributed by atoms with Crippen molar-refractivity contribution in [3.8, 4) is 0 Å². The summed E-state index contributed by atoms with van der Waals surface area (Å²) in [6.07, 6.45) is -0.0990. The topological polar surface area (TPSA) is 105 Å². The van der Waals surface area contributed by atoms with Gasteiger partial charge in [-0.1, -0.05) is 22.0 Å². The summed E-state index contributed by atoms with van der Waals surface area (Å²) < 4.78 is 5.89. The summed E-state index contributed by atoms with van der Waals surface area (Å²) in [5.74, 6) is -2.74. The minimum atomic E-state index is -0.757. The number of nitrogens with zero attached hydrogens (tertiary/aromatic N) is 1. The lowest BCUT2D eigenvalue weighted by molar-refractivity contribution is -0.151. The van der Waals surface area contributed by atoms with E-state index < -0.39 is 36.2 Å². The highest BCUT2D eigenvalue weighted by Gasteiger charge is 2.36. The van der Waals surface area contributed by atoms with Gasteiger partial charge in [0.1, 0.15) is 0 Å². The minimum Gasteiger partial charge on any atom is -0.455 e. The first kappa shape index (κ1) is 22.5. The van der Waals surface area contributed by atoms with Crippen LogP contribution in [-0.4, -0.2) is 41.9 Å². The molecule has 0 radical (unpaired) electrons. The van der Waals surface area contributed by atoms with E-state index in [1.165, 1.54) is 0 Å². The van der Waals surface area contributed by atoms with E-state index in [9.17, 15) is 19.2 Å². The molecule has 2 aromatic carbocycles. The number of anilines is 1. The van der Waals surface area contributed by atoms with Gasteiger partial charge in [0.25, 0.3) is 11.8 Å². The Morgan fingerprint density at radius 3 is 2.48 bits per heavy atom. The third kappa shape index (κ3) is 5.91. The number of aryl methyl sites for hydroxylation is 2. The summed E-state index contributed by atoms with van der Waals surface area (Å²) in [4.78, 5) is 48.8. The lowest BCUT2D eigenvalue weighted by Crippen LogP contribution is -2.43. The van der Waals surface area contributed by atoms with Crippen LogP contribution in [0.1, 0.15) is 27.9 Å². The molecule has 162 valence electrons. The smallest absolute Gasteiger partial charge is 0.311 e. The van der Waals surface area contributed by atoms with Gasteiger partial charge in [0.2, 0.25) is 5.91 Å². The van der Waals surface area contributed by atoms with Crippen LogP contribution in [0.15, 0.2) is 46.9 Å². The molecule has 0 unspecified atom stereocenters. The monoisotopic (exact) mass is 487 g/mol. The van der Waals surface area contributed by atoms with E-state index in [4.69, 9.17) is 4.74 Å². The standard InChI is InChI=1S/C22H22BrN3O5/c1-13-3-8-18(9-14(13)2)24-19(27)12-31-22(30)16-10-20(28)26(11-16)25-21(29)15-4-6-17(23)7-5-15/h3-9,16H,10-12H2,1-2H3,(H,24,27)(H,25,29)/t16-/m0/s1. The molecule has 2 N–H and O–H groups in total. The Labute approximate surface area is 188 Å². The molecule has 3 rings (SSSR count). The van der Waals surface area contributed by atoms with Crippen molar-refractivity contribution in [3.05, 3.63) is 63.6 Å². The summed E-state index contributed by atoms with van der Waals surface area (Å²) in [5, 5.41) is 3.77. The summed E-state index contributed by atoms with van der Waals surface area (Å²) in [5.41, 5.74) is 5.63. The molecule has 2 aromatic rings. The minimum absolute atomic E-state index is 0.0152. The number of hydrogen-bond acceptors (Lipinski definition) is 5. The van der Waals surface area contributed by atoms with E-state index in [-0.39, 0.29) is 13.0 Å². The Morgan fingerprint density at radius 1 is 1.10 bits per heavy atom. The van der Waals surface area contributed by atoms with Crippen LogP contribution in [0.5, 0.6) is 0 Å². The first-order chi connectivity index (χ1) is 14.7. The molecule has 0 aliphatic carbocycles. The van der Waals surface area contributed by atoms with Gasteiger partial charge in [0, 0.05) is 22.1 Å². The SMILES string of the molecule is Cc1ccc(NC(=O)COC(=O)[C@H]2CC(=O)N(NC(=O)c3ccc(Br)cc3)C2)cc1C. The molecule has 8 nitrogen and oxygen atoms in total. The Balaban J connectivity index is 1.48. The Bertz CT molecular complexity index is 1020. The maximum atomic E-state index is 12.3. The van der Waals surface area contributed by atoms with Crippen LogP contribution in [0.3, 0.4) is 0 Å². The Kier molecular flexibility index (Phi) is 7.06. The van der Waals surface area contributed by atoms with Crippen LogP contribution in [0, 0.1) is 19.8 Å². The molecular formula is C22H22BrN3O5. The van der Waals surface area contributed by atoms with Crippen molar-refractivity contribution in [2.75, 3.05) is 18.5 Å². The van der Waals surface area contributed by atoms with Gasteiger partial charge < -0.3 is 10.1 Å². The molecule has 1 aliphatic rings. The van der Waals surface area contributed by atoms with Gasteiger partial charge in [0.15, 0.2) is 6.61 Å². The van der Waals surface area contributed by atoms with Crippen molar-refractivity contribution in [2.24, 2.45) is 5.92 Å². The molecule has 1 heterocycles. The van der Waals surface area contributed by atoms with Crippen LogP contribution in [0.2, 0.25) is 0 Å². The van der Waals surface area contributed by atoms with Crippen LogP contribution in [0.4, 0.5) is 5.69 Å². The van der Waals surface area contributed by atoms with Crippen molar-refractivity contribution in [3.63, 3.8) is 0 Å². The number of benzene rings is 2. The third-order valence-electron chi connectivity index (χ3n) is 4.94. The van der Waals surface area contributed by atoms with Gasteiger partial charge in [-0.15, -0.1) is 0 Å². The Hall–Kier alpha value is -3.20. The van der Waals surface area contributed by atoms with Gasteiger partial charge in [-0.3, -0.25) is 29.6 Å². The number of carbonyl (C=O) groups is 4. The van der Waals surface area contributed by atoms with E-state index in [1.54, 1.807) is 30.3 Å². The second-order valence-electron chi connectivity index (χ2n) is 7.31. The number of hydrazine groups is 1. The number of nitrogens with one attached hydrogen (secondary N) is 2. The van der Waals surface area contributed by atoms with Crippen molar-refractivity contribution in [2.45, 2.75) is 20.3 Å². The first-order valence-corrected chi connectivity index (χ1v) is 10.4. The number of carbonyl (C=O) groups excluding carboxylic acids is 4. The van der Waals surface area contributed by atoms with Crippen molar-refractivity contribution >= 4 is 45.3 Å². The summed E-state index contributed by atoms with van der Waals surface area (Å²) in [7, 11) is 0. The molecule has 1 fully saturated rings. The predicted octanol–water partition coefficient (Wildman–Crippen LogP) is 2.74. The van der Waals surface area contributed by atoms with Crippen LogP contribution < -0.4 is 10.7 Å². The summed E-state index contributed by atoms with van der Waals surface area (Å²) in [6.45, 7) is 3.43. The van der Waals surface area contributed by atoms with Gasteiger partial charge in [-0.2, -0.15) is 0 Å². The van der Waals surface area contributed by atoms with E-state index in [0.717, 1.165) is 20.6 Å². The third-order valence-corrected chi connectivity index (χ3v) is 5.47. The maximum Gasteiger partial charge on any atom is 0.311 e. The van der Waals surface area contributed by atoms with Crippen molar-refractivity contribution < 1.29 is 23.9 Å². The number of hydrogen-bond donors (Lipinski definition) is 2. The highest BCUT2D eigenvalue weighted by molar-refractivity contribution is 9.10. The normalized spacial score (nSPS) is 15.5. The highest BCUT2D eigenvalue weighted by atomic mass is 79.9. The van der Waals surface area contributed by atoms with E-state index in [0.29, 0.717) is 11.3 Å². The van der Waals surface area contributed by atoms with Crippen LogP contribution in [0.25, 0.3) is 0 Å². The molecular weight excluding hydrogens is 466 g/mol. The lowest BCUT2D eigenvalue weighted by atomic mass is 10.1. The van der Waals surface area contributed by atoms with E-state index in [1.807, 2.05) is 26.0 Å². The number of halogens is 1. The van der Waals surface area contributed by atoms with Crippen molar-refractivity contribution in [1.82, 2.24) is 10.4 Å². The van der Waals surface area contributed by atoms with E-state index in [2.05, 4.69) is 26.7 Å². The zero-order valence-electron chi connectivity index (χ0n) is 17.1. The fraction of sp³-hybridized carbons (Fsp3) is 0.273. The number of rotatable bonds is 6. The highest BCUT2D eigenvalue weighted by Crippen LogP contribution is 2.19. The molecule has 31 heavy (non-hydrogen) atoms. The number of ether oxygens (including phenoxy) is 1. The first-order valence-electron chi connectivity index (χ1n) is 9.63. The molecule has 0 spiro atoms. The fourth-order valence-electron chi connectivity index (χ4n) is 3.03. The van der Waals surface area contributed by atoms with Crippen molar-refractivity contribution in [1.29, 1.82) is 0 Å². The van der Waals surface area contributed by atoms with Crippen LogP contribution >= 0.6 is 15.9 Å². The van der Waals surface area contributed by atoms with Gasteiger partial charge in [-0.25, -0.2) is 0 Å². The molecule has 0 bridgehead atoms. The van der Waals surface area contributed by atoms with Gasteiger partial charge in [-0.05, 0) is 61.4 Å². The molecule has 0 saturated carbocycles. The molecule has 9 heteroatoms. The molecule has 1 aliphatic heterocycles. The predicted molar refractivity (Wildman–Crippen MR) is 117 cm³/mol. The maximum absolute atomic E-state index is 12.3. The summed E-state index contributed by atoms with van der Waals surface area (Å²) in [6, 6.07) is 12.1. The number of esters is 1. The average molecular weight is 488 g/mol.